The summed E-state index contributed by atoms with van der Waals surface area (Å²) in [5, 5.41) is 11.4. The second-order valence-electron chi connectivity index (χ2n) is 4.75. The van der Waals surface area contributed by atoms with Crippen LogP contribution >= 0.6 is 0 Å². The van der Waals surface area contributed by atoms with Gasteiger partial charge in [-0.25, -0.2) is 4.79 Å². The summed E-state index contributed by atoms with van der Waals surface area (Å²) in [6, 6.07) is 7.61. The first kappa shape index (κ1) is 16.9. The lowest BCUT2D eigenvalue weighted by Crippen LogP contribution is -2.35. The fraction of sp³-hybridized carbons (Fsp3) is 0.375. The number of carbonyl (C=O) groups is 2. The van der Waals surface area contributed by atoms with E-state index in [1.807, 2.05) is 29.2 Å². The number of amides is 1. The molecule has 0 aromatic heterocycles. The zero-order chi connectivity index (χ0) is 15.7. The lowest BCUT2D eigenvalue weighted by Gasteiger charge is -2.21. The van der Waals surface area contributed by atoms with Gasteiger partial charge in [0.25, 0.3) is 0 Å². The van der Waals surface area contributed by atoms with Crippen LogP contribution in [0.5, 0.6) is 0 Å². The van der Waals surface area contributed by atoms with Crippen molar-refractivity contribution in [1.29, 1.82) is 0 Å². The van der Waals surface area contributed by atoms with E-state index >= 15 is 0 Å². The van der Waals surface area contributed by atoms with Crippen LogP contribution in [-0.4, -0.2) is 42.0 Å². The van der Waals surface area contributed by atoms with Crippen LogP contribution < -0.4 is 5.32 Å². The van der Waals surface area contributed by atoms with Crippen molar-refractivity contribution in [3.8, 4) is 0 Å². The van der Waals surface area contributed by atoms with Gasteiger partial charge in [-0.05, 0) is 30.2 Å². The molecule has 0 heterocycles. The molecule has 0 saturated heterocycles. The summed E-state index contributed by atoms with van der Waals surface area (Å²) in [5.41, 5.74) is 1.87. The topological polar surface area (TPSA) is 69.6 Å². The minimum Gasteiger partial charge on any atom is -0.478 e. The van der Waals surface area contributed by atoms with E-state index in [-0.39, 0.29) is 5.91 Å². The first-order valence-electron chi connectivity index (χ1n) is 6.98. The lowest BCUT2D eigenvalue weighted by atomic mass is 10.1. The number of nitrogens with one attached hydrogen (secondary N) is 1. The van der Waals surface area contributed by atoms with Crippen LogP contribution in [0.3, 0.4) is 0 Å². The monoisotopic (exact) mass is 290 g/mol. The molecule has 1 aromatic rings. The van der Waals surface area contributed by atoms with Gasteiger partial charge in [-0.1, -0.05) is 31.2 Å². The van der Waals surface area contributed by atoms with Crippen LogP contribution in [0.4, 0.5) is 0 Å². The molecular formula is C16H22N2O3. The lowest BCUT2D eigenvalue weighted by molar-refractivity contribution is -0.131. The maximum absolute atomic E-state index is 11.5. The summed E-state index contributed by atoms with van der Waals surface area (Å²) in [6.45, 7) is 3.82. The van der Waals surface area contributed by atoms with E-state index in [1.54, 1.807) is 13.1 Å². The van der Waals surface area contributed by atoms with Crippen LogP contribution in [0.1, 0.15) is 24.5 Å². The number of benzene rings is 1. The molecule has 1 aromatic carbocycles. The number of carboxylic acids is 1. The van der Waals surface area contributed by atoms with Gasteiger partial charge in [-0.2, -0.15) is 0 Å². The van der Waals surface area contributed by atoms with Gasteiger partial charge in [-0.15, -0.1) is 0 Å². The maximum Gasteiger partial charge on any atom is 0.328 e. The van der Waals surface area contributed by atoms with Crippen LogP contribution in [0, 0.1) is 0 Å². The molecule has 0 unspecified atom stereocenters. The number of aliphatic carboxylic acids is 1. The van der Waals surface area contributed by atoms with Crippen LogP contribution in [0.25, 0.3) is 6.08 Å². The summed E-state index contributed by atoms with van der Waals surface area (Å²) < 4.78 is 0. The Hall–Kier alpha value is -2.14. The van der Waals surface area contributed by atoms with Gasteiger partial charge >= 0.3 is 5.97 Å². The molecular weight excluding hydrogens is 268 g/mol. The minimum absolute atomic E-state index is 0.0259. The number of nitrogens with zero attached hydrogens (tertiary/aromatic N) is 1. The first-order chi connectivity index (χ1) is 10.1. The Balaban J connectivity index is 2.87. The van der Waals surface area contributed by atoms with Crippen molar-refractivity contribution < 1.29 is 14.7 Å². The zero-order valence-corrected chi connectivity index (χ0v) is 12.5. The number of rotatable bonds is 8. The molecule has 0 saturated carbocycles. The fourth-order valence-electron chi connectivity index (χ4n) is 2.06. The van der Waals surface area contributed by atoms with Crippen molar-refractivity contribution in [1.82, 2.24) is 10.2 Å². The van der Waals surface area contributed by atoms with Gasteiger partial charge in [0.2, 0.25) is 5.91 Å². The van der Waals surface area contributed by atoms with E-state index in [4.69, 9.17) is 5.11 Å². The third-order valence-electron chi connectivity index (χ3n) is 3.04. The molecule has 0 aliphatic heterocycles. The molecule has 0 aliphatic carbocycles. The van der Waals surface area contributed by atoms with E-state index in [0.717, 1.165) is 30.2 Å². The molecule has 2 N–H and O–H groups in total. The van der Waals surface area contributed by atoms with Crippen molar-refractivity contribution in [2.24, 2.45) is 0 Å². The number of carboxylic acid groups (broad SMARTS) is 1. The molecule has 114 valence electrons. The van der Waals surface area contributed by atoms with Crippen LogP contribution in [0.15, 0.2) is 30.3 Å². The van der Waals surface area contributed by atoms with Gasteiger partial charge < -0.3 is 10.4 Å². The third kappa shape index (κ3) is 6.23. The highest BCUT2D eigenvalue weighted by Gasteiger charge is 2.11. The van der Waals surface area contributed by atoms with Crippen molar-refractivity contribution in [2.45, 2.75) is 19.9 Å². The van der Waals surface area contributed by atoms with Crippen LogP contribution in [-0.2, 0) is 16.1 Å². The first-order valence-corrected chi connectivity index (χ1v) is 6.98. The number of carbonyl (C=O) groups excluding carboxylic acids is 1. The molecule has 0 radical (unpaired) electrons. The van der Waals surface area contributed by atoms with Crippen LogP contribution in [0.2, 0.25) is 0 Å². The Kier molecular flexibility index (Phi) is 7.18. The van der Waals surface area contributed by atoms with E-state index < -0.39 is 5.97 Å². The minimum atomic E-state index is -0.972. The molecule has 21 heavy (non-hydrogen) atoms. The highest BCUT2D eigenvalue weighted by molar-refractivity contribution is 5.85. The molecule has 5 nitrogen and oxygen atoms in total. The Labute approximate surface area is 125 Å². The second-order valence-corrected chi connectivity index (χ2v) is 4.75. The van der Waals surface area contributed by atoms with E-state index in [0.29, 0.717) is 13.1 Å². The summed E-state index contributed by atoms with van der Waals surface area (Å²) in [5.74, 6) is -0.998. The average molecular weight is 290 g/mol. The Bertz CT molecular complexity index is 512. The molecule has 0 aliphatic rings. The highest BCUT2D eigenvalue weighted by atomic mass is 16.4. The second kappa shape index (κ2) is 8.92. The van der Waals surface area contributed by atoms with Crippen molar-refractivity contribution >= 4 is 18.0 Å². The molecule has 0 fully saturated rings. The van der Waals surface area contributed by atoms with E-state index in [1.165, 1.54) is 0 Å². The Morgan fingerprint density at radius 2 is 2.05 bits per heavy atom. The largest absolute Gasteiger partial charge is 0.478 e. The summed E-state index contributed by atoms with van der Waals surface area (Å²) in [4.78, 5) is 24.2. The predicted octanol–water partition coefficient (Wildman–Crippen LogP) is 1.74. The standard InChI is InChI=1S/C16H22N2O3/c1-3-10-18(12-15(19)17-2)11-14-7-5-4-6-13(14)8-9-16(20)21/h4-9H,3,10-12H2,1-2H3,(H,17,19)(H,20,21). The summed E-state index contributed by atoms with van der Waals surface area (Å²) in [7, 11) is 1.62. The molecule has 5 heteroatoms. The normalized spacial score (nSPS) is 11.0. The van der Waals surface area contributed by atoms with Crippen molar-refractivity contribution in [3.63, 3.8) is 0 Å². The number of hydrogen-bond donors (Lipinski definition) is 2. The average Bonchev–Trinajstić information content (AvgIpc) is 2.46. The smallest absolute Gasteiger partial charge is 0.328 e. The number of hydrogen-bond acceptors (Lipinski definition) is 3. The predicted molar refractivity (Wildman–Crippen MR) is 82.7 cm³/mol. The zero-order valence-electron chi connectivity index (χ0n) is 12.5. The van der Waals surface area contributed by atoms with Crippen molar-refractivity contribution in [2.75, 3.05) is 20.1 Å². The quantitative estimate of drug-likeness (QED) is 0.716. The molecule has 0 spiro atoms. The fourth-order valence-corrected chi connectivity index (χ4v) is 2.06. The van der Waals surface area contributed by atoms with Gasteiger partial charge in [0.15, 0.2) is 0 Å². The summed E-state index contributed by atoms with van der Waals surface area (Å²) in [6.07, 6.45) is 3.66. The SMILES string of the molecule is CCCN(CC(=O)NC)Cc1ccccc1C=CC(=O)O. The van der Waals surface area contributed by atoms with Gasteiger partial charge in [-0.3, -0.25) is 9.69 Å². The molecule has 1 amide bonds. The van der Waals surface area contributed by atoms with Crippen molar-refractivity contribution in [3.05, 3.63) is 41.5 Å². The van der Waals surface area contributed by atoms with Gasteiger partial charge in [0.05, 0.1) is 6.54 Å². The maximum atomic E-state index is 11.5. The molecule has 0 bridgehead atoms. The van der Waals surface area contributed by atoms with Gasteiger partial charge in [0, 0.05) is 19.7 Å². The summed E-state index contributed by atoms with van der Waals surface area (Å²) >= 11 is 0. The van der Waals surface area contributed by atoms with E-state index in [2.05, 4.69) is 12.2 Å². The highest BCUT2D eigenvalue weighted by Crippen LogP contribution is 2.14. The molecule has 1 rings (SSSR count). The molecule has 0 atom stereocenters. The van der Waals surface area contributed by atoms with Gasteiger partial charge in [0.1, 0.15) is 0 Å². The Morgan fingerprint density at radius 1 is 1.33 bits per heavy atom. The number of likely N-dealkylation sites (N-methyl/N-ethyl adjacent to an activating group) is 1. The Morgan fingerprint density at radius 3 is 2.67 bits per heavy atom. The third-order valence-corrected chi connectivity index (χ3v) is 3.04. The van der Waals surface area contributed by atoms with E-state index in [9.17, 15) is 9.59 Å².